The molecule has 0 unspecified atom stereocenters. The molecule has 0 aliphatic heterocycles. The maximum atomic E-state index is 6.31. The third-order valence-corrected chi connectivity index (χ3v) is 12.1. The van der Waals surface area contributed by atoms with Gasteiger partial charge in [-0.15, -0.1) is 0 Å². The topological polar surface area (TPSA) is 29.3 Å². The van der Waals surface area contributed by atoms with E-state index in [1.165, 1.54) is 66.4 Å². The fourth-order valence-corrected chi connectivity index (χ4v) is 9.08. The van der Waals surface area contributed by atoms with Crippen molar-refractivity contribution in [1.29, 1.82) is 0 Å². The van der Waals surface area contributed by atoms with Crippen molar-refractivity contribution in [2.24, 2.45) is 0 Å². The van der Waals surface area contributed by atoms with Gasteiger partial charge in [-0.3, -0.25) is 0 Å². The number of nitrogens with zero attached hydrogens (tertiary/aromatic N) is 2. The molecule has 8 aromatic carbocycles. The lowest BCUT2D eigenvalue weighted by Crippen LogP contribution is -2.11. The zero-order chi connectivity index (χ0) is 40.5. The molecule has 0 radical (unpaired) electrons. The van der Waals surface area contributed by atoms with Gasteiger partial charge in [0.1, 0.15) is 5.52 Å². The summed E-state index contributed by atoms with van der Waals surface area (Å²) in [6.45, 7) is 0. The highest BCUT2D eigenvalue weighted by molar-refractivity contribution is 6.09. The number of fused-ring (bicyclic) bond motifs is 6. The van der Waals surface area contributed by atoms with E-state index in [0.29, 0.717) is 12.3 Å². The van der Waals surface area contributed by atoms with E-state index in [4.69, 9.17) is 9.40 Å². The lowest BCUT2D eigenvalue weighted by Gasteiger charge is -2.29. The normalized spacial score (nSPS) is 16.2. The molecule has 0 bridgehead atoms. The van der Waals surface area contributed by atoms with Gasteiger partial charge in [0.2, 0.25) is 5.89 Å². The van der Waals surface area contributed by atoms with Crippen LogP contribution in [0.15, 0.2) is 223 Å². The van der Waals surface area contributed by atoms with Gasteiger partial charge in [0.25, 0.3) is 0 Å². The Hall–Kier alpha value is -7.75. The predicted octanol–water partition coefficient (Wildman–Crippen LogP) is 15.7. The number of hydrogen-bond donors (Lipinski definition) is 0. The molecule has 0 saturated carbocycles. The number of para-hydroxylation sites is 2. The monoisotopic (exact) mass is 782 g/mol. The van der Waals surface area contributed by atoms with Crippen LogP contribution in [0.25, 0.3) is 66.4 Å². The fraction of sp³-hybridized carbons (Fsp3) is 0.0517. The van der Waals surface area contributed by atoms with Crippen LogP contribution in [-0.2, 0) is 6.42 Å². The van der Waals surface area contributed by atoms with Gasteiger partial charge in [-0.25, -0.2) is 4.98 Å². The minimum Gasteiger partial charge on any atom is -0.436 e. The Balaban J connectivity index is 1.11. The van der Waals surface area contributed by atoms with Crippen molar-refractivity contribution in [1.82, 2.24) is 4.98 Å². The van der Waals surface area contributed by atoms with Gasteiger partial charge in [0, 0.05) is 22.3 Å². The number of hydrogen-bond acceptors (Lipinski definition) is 3. The first-order valence-corrected chi connectivity index (χ1v) is 21.1. The maximum Gasteiger partial charge on any atom is 0.223 e. The molecule has 1 heterocycles. The molecular formula is C58H42N2O. The summed E-state index contributed by atoms with van der Waals surface area (Å²) in [4.78, 5) is 7.33. The number of aromatic nitrogens is 1. The molecule has 3 heteroatoms. The number of allylic oxidation sites excluding steroid dienone is 8. The molecule has 2 aliphatic carbocycles. The van der Waals surface area contributed by atoms with Crippen molar-refractivity contribution >= 4 is 50.1 Å². The van der Waals surface area contributed by atoms with Crippen molar-refractivity contribution in [3.63, 3.8) is 0 Å². The molecule has 61 heavy (non-hydrogen) atoms. The highest BCUT2D eigenvalue weighted by Crippen LogP contribution is 2.48. The van der Waals surface area contributed by atoms with Crippen LogP contribution in [0.1, 0.15) is 35.4 Å². The number of anilines is 3. The average molecular weight is 783 g/mol. The quantitative estimate of drug-likeness (QED) is 0.161. The average Bonchev–Trinajstić information content (AvgIpc) is 3.94. The highest BCUT2D eigenvalue weighted by Gasteiger charge is 2.26. The molecular weight excluding hydrogens is 741 g/mol. The minimum absolute atomic E-state index is 0.662. The molecule has 11 rings (SSSR count). The standard InChI is InChI=1S/C58H42N2O/c1-2-6-20-45(58-59-54-23-13-14-24-56(54)61-58)26-25-44(19-5-1)50-37-38-55(52-36-35-51-49-22-12-11-21-46(49)39-53(51)57(50)52)60(47-31-27-42(28-32-47)40-15-7-3-8-16-40)48-33-29-43(30-34-48)41-17-9-4-10-18-41/h1-18,21-38H,19-20,39H2/b5-1-,6-2-,44-25+,45-26+. The van der Waals surface area contributed by atoms with Crippen LogP contribution in [0.2, 0.25) is 0 Å². The molecule has 1 aromatic heterocycles. The molecule has 9 aromatic rings. The van der Waals surface area contributed by atoms with Crippen molar-refractivity contribution < 1.29 is 4.42 Å². The SMILES string of the molecule is C1=C\C/C(c2nc3ccccc3o2)=C\C=C(\c2ccc(N(c3ccc(-c4ccccc4)cc3)c3ccc(-c4ccccc4)cc3)c3ccc4c(c23)Cc2ccccc2-4)C\C=C/1. The van der Waals surface area contributed by atoms with Gasteiger partial charge < -0.3 is 9.32 Å². The zero-order valence-corrected chi connectivity index (χ0v) is 33.7. The molecule has 0 amide bonds. The van der Waals surface area contributed by atoms with E-state index in [9.17, 15) is 0 Å². The summed E-state index contributed by atoms with van der Waals surface area (Å²) in [5.74, 6) is 0.662. The van der Waals surface area contributed by atoms with E-state index >= 15 is 0 Å². The maximum absolute atomic E-state index is 6.31. The second kappa shape index (κ2) is 15.8. The second-order valence-electron chi connectivity index (χ2n) is 15.8. The zero-order valence-electron chi connectivity index (χ0n) is 33.7. The predicted molar refractivity (Wildman–Crippen MR) is 255 cm³/mol. The van der Waals surface area contributed by atoms with Crippen molar-refractivity contribution in [3.8, 4) is 33.4 Å². The van der Waals surface area contributed by atoms with Crippen molar-refractivity contribution in [3.05, 3.63) is 241 Å². The Morgan fingerprint density at radius 3 is 1.72 bits per heavy atom. The molecule has 0 saturated heterocycles. The van der Waals surface area contributed by atoms with Crippen LogP contribution < -0.4 is 4.90 Å². The van der Waals surface area contributed by atoms with E-state index < -0.39 is 0 Å². The Morgan fingerprint density at radius 2 is 1.03 bits per heavy atom. The third-order valence-electron chi connectivity index (χ3n) is 12.1. The number of benzene rings is 8. The second-order valence-corrected chi connectivity index (χ2v) is 15.8. The van der Waals surface area contributed by atoms with Gasteiger partial charge in [-0.1, -0.05) is 176 Å². The lowest BCUT2D eigenvalue weighted by atomic mass is 9.88. The summed E-state index contributed by atoms with van der Waals surface area (Å²) in [6, 6.07) is 65.5. The van der Waals surface area contributed by atoms with E-state index in [1.807, 2.05) is 24.3 Å². The molecule has 290 valence electrons. The summed E-state index contributed by atoms with van der Waals surface area (Å²) in [6.07, 6.45) is 15.6. The highest BCUT2D eigenvalue weighted by atomic mass is 16.3. The summed E-state index contributed by atoms with van der Waals surface area (Å²) in [5.41, 5.74) is 18.7. The minimum atomic E-state index is 0.662. The van der Waals surface area contributed by atoms with Crippen molar-refractivity contribution in [2.75, 3.05) is 4.90 Å². The first-order valence-electron chi connectivity index (χ1n) is 21.1. The van der Waals surface area contributed by atoms with Gasteiger partial charge in [0.15, 0.2) is 5.58 Å². The summed E-state index contributed by atoms with van der Waals surface area (Å²) < 4.78 is 6.31. The summed E-state index contributed by atoms with van der Waals surface area (Å²) in [5, 5.41) is 2.51. The van der Waals surface area contributed by atoms with E-state index in [-0.39, 0.29) is 0 Å². The first-order chi connectivity index (χ1) is 30.2. The van der Waals surface area contributed by atoms with E-state index in [0.717, 1.165) is 46.6 Å². The molecule has 3 nitrogen and oxygen atoms in total. The molecule has 0 N–H and O–H groups in total. The molecule has 0 atom stereocenters. The van der Waals surface area contributed by atoms with E-state index in [2.05, 4.69) is 199 Å². The van der Waals surface area contributed by atoms with Gasteiger partial charge in [0.05, 0.1) is 5.69 Å². The van der Waals surface area contributed by atoms with Crippen molar-refractivity contribution in [2.45, 2.75) is 19.3 Å². The van der Waals surface area contributed by atoms with Crippen LogP contribution >= 0.6 is 0 Å². The first kappa shape index (κ1) is 36.3. The van der Waals surface area contributed by atoms with Crippen LogP contribution in [0, 0.1) is 0 Å². The van der Waals surface area contributed by atoms with Crippen LogP contribution in [0.4, 0.5) is 17.1 Å². The largest absolute Gasteiger partial charge is 0.436 e. The van der Waals surface area contributed by atoms with Crippen LogP contribution in [0.5, 0.6) is 0 Å². The third kappa shape index (κ3) is 6.90. The molecule has 0 fully saturated rings. The fourth-order valence-electron chi connectivity index (χ4n) is 9.08. The Morgan fingerprint density at radius 1 is 0.459 bits per heavy atom. The Bertz CT molecular complexity index is 3070. The smallest absolute Gasteiger partial charge is 0.223 e. The Kier molecular flexibility index (Phi) is 9.40. The number of oxazole rings is 1. The molecule has 2 aliphatic rings. The number of rotatable bonds is 7. The molecule has 0 spiro atoms. The van der Waals surface area contributed by atoms with Crippen LogP contribution in [0.3, 0.4) is 0 Å². The van der Waals surface area contributed by atoms with Gasteiger partial charge in [-0.05, 0) is 123 Å². The van der Waals surface area contributed by atoms with Crippen LogP contribution in [-0.4, -0.2) is 4.98 Å². The van der Waals surface area contributed by atoms with Gasteiger partial charge in [-0.2, -0.15) is 0 Å². The Labute approximate surface area is 356 Å². The van der Waals surface area contributed by atoms with Gasteiger partial charge >= 0.3 is 0 Å². The summed E-state index contributed by atoms with van der Waals surface area (Å²) >= 11 is 0. The lowest BCUT2D eigenvalue weighted by molar-refractivity contribution is 0.582. The van der Waals surface area contributed by atoms with E-state index in [1.54, 1.807) is 0 Å². The summed E-state index contributed by atoms with van der Waals surface area (Å²) in [7, 11) is 0.